The summed E-state index contributed by atoms with van der Waals surface area (Å²) < 4.78 is 4.35. The average molecular weight is 170 g/mol. The minimum Gasteiger partial charge on any atom is -0.477 e. The Balaban J connectivity index is 0. The Morgan fingerprint density at radius 1 is 1.55 bits per heavy atom. The first-order valence-electron chi connectivity index (χ1n) is 2.69. The predicted molar refractivity (Wildman–Crippen MR) is 42.0 cm³/mol. The van der Waals surface area contributed by atoms with Crippen LogP contribution >= 0.6 is 0 Å². The van der Waals surface area contributed by atoms with Crippen molar-refractivity contribution in [1.29, 1.82) is 0 Å². The largest absolute Gasteiger partial charge is 0.477 e. The van der Waals surface area contributed by atoms with Gasteiger partial charge in [-0.25, -0.2) is 9.59 Å². The van der Waals surface area contributed by atoms with Gasteiger partial charge in [-0.2, -0.15) is 0 Å². The molecule has 0 spiro atoms. The summed E-state index contributed by atoms with van der Waals surface area (Å²) >= 11 is 0. The Morgan fingerprint density at radius 2 is 2.00 bits per heavy atom. The lowest BCUT2D eigenvalue weighted by molar-refractivity contribution is -0.143. The van der Waals surface area contributed by atoms with E-state index in [0.29, 0.717) is 0 Å². The summed E-state index contributed by atoms with van der Waals surface area (Å²) in [7, 11) is 0. The smallest absolute Gasteiger partial charge is 0.344 e. The summed E-state index contributed by atoms with van der Waals surface area (Å²) in [6, 6.07) is 0. The lowest BCUT2D eigenvalue weighted by Gasteiger charge is -1.98. The van der Waals surface area contributed by atoms with Gasteiger partial charge in [-0.05, 0) is 6.92 Å². The molecule has 0 aliphatic carbocycles. The molecule has 0 bridgehead atoms. The lowest BCUT2D eigenvalue weighted by Crippen LogP contribution is -2.13. The fraction of sp³-hybridized carbons (Fsp3) is 0.333. The van der Waals surface area contributed by atoms with E-state index in [0.717, 1.165) is 0 Å². The van der Waals surface area contributed by atoms with Crippen LogP contribution in [-0.4, -0.2) is 46.7 Å². The number of carboxylic acid groups (broad SMARTS) is 1. The van der Waals surface area contributed by atoms with E-state index in [1.807, 2.05) is 0 Å². The van der Waals surface area contributed by atoms with Crippen molar-refractivity contribution in [2.75, 3.05) is 6.61 Å². The van der Waals surface area contributed by atoms with E-state index in [1.165, 1.54) is 0 Å². The van der Waals surface area contributed by atoms with Crippen molar-refractivity contribution in [3.63, 3.8) is 0 Å². The molecule has 11 heavy (non-hydrogen) atoms. The number of aliphatic carboxylic acids is 1. The first-order chi connectivity index (χ1) is 4.59. The molecule has 0 unspecified atom stereocenters. The predicted octanol–water partition coefficient (Wildman–Crippen LogP) is -0.726. The van der Waals surface area contributed by atoms with Gasteiger partial charge in [-0.15, -0.1) is 0 Å². The van der Waals surface area contributed by atoms with Crippen molar-refractivity contribution < 1.29 is 19.4 Å². The monoisotopic (exact) mass is 170 g/mol. The number of esters is 1. The number of carboxylic acids is 1. The van der Waals surface area contributed by atoms with Crippen LogP contribution in [0.25, 0.3) is 0 Å². The van der Waals surface area contributed by atoms with Crippen molar-refractivity contribution in [2.45, 2.75) is 6.92 Å². The molecule has 60 valence electrons. The first kappa shape index (κ1) is 13.1. The van der Waals surface area contributed by atoms with Crippen LogP contribution in [0, 0.1) is 0 Å². The molecule has 0 aliphatic heterocycles. The van der Waals surface area contributed by atoms with Gasteiger partial charge in [0.05, 0.1) is 6.61 Å². The average Bonchev–Trinajstić information content (AvgIpc) is 1.87. The van der Waals surface area contributed by atoms with Crippen LogP contribution in [0.3, 0.4) is 0 Å². The van der Waals surface area contributed by atoms with Crippen LogP contribution in [-0.2, 0) is 14.3 Å². The molecular formula is C6H10MgO4. The number of carbonyl (C=O) groups excluding carboxylic acids is 1. The van der Waals surface area contributed by atoms with Gasteiger partial charge in [0.25, 0.3) is 0 Å². The quantitative estimate of drug-likeness (QED) is 0.200. The molecule has 0 radical (unpaired) electrons. The maximum Gasteiger partial charge on any atom is 0.344 e. The maximum absolute atomic E-state index is 10.5. The van der Waals surface area contributed by atoms with Crippen LogP contribution in [0.4, 0.5) is 0 Å². The van der Waals surface area contributed by atoms with Crippen molar-refractivity contribution in [3.05, 3.63) is 12.2 Å². The molecule has 4 nitrogen and oxygen atoms in total. The van der Waals surface area contributed by atoms with E-state index in [1.54, 1.807) is 6.92 Å². The van der Waals surface area contributed by atoms with Crippen LogP contribution in [0.5, 0.6) is 0 Å². The summed E-state index contributed by atoms with van der Waals surface area (Å²) in [6.45, 7) is 4.75. The minimum absolute atomic E-state index is 0. The van der Waals surface area contributed by atoms with Gasteiger partial charge < -0.3 is 9.84 Å². The van der Waals surface area contributed by atoms with E-state index >= 15 is 0 Å². The number of hydrogen-bond donors (Lipinski definition) is 1. The van der Waals surface area contributed by atoms with E-state index in [-0.39, 0.29) is 29.7 Å². The van der Waals surface area contributed by atoms with Crippen LogP contribution in [0.1, 0.15) is 6.92 Å². The normalized spacial score (nSPS) is 7.73. The number of ether oxygens (including phenoxy) is 1. The molecule has 0 saturated heterocycles. The van der Waals surface area contributed by atoms with E-state index in [9.17, 15) is 9.59 Å². The molecule has 0 rings (SSSR count). The Hall–Kier alpha value is -0.554. The standard InChI is InChI=1S/C6H8O4.Mg.2H/c1-3-10-6(9)4(2)5(7)8;;;/h2-3H2,1H3,(H,7,8);;;. The van der Waals surface area contributed by atoms with Crippen molar-refractivity contribution in [3.8, 4) is 0 Å². The Kier molecular flexibility index (Phi) is 7.34. The number of rotatable bonds is 3. The zero-order valence-electron chi connectivity index (χ0n) is 5.59. The van der Waals surface area contributed by atoms with E-state index in [2.05, 4.69) is 11.3 Å². The number of hydrogen-bond acceptors (Lipinski definition) is 3. The Labute approximate surface area is 80.4 Å². The summed E-state index contributed by atoms with van der Waals surface area (Å²) in [5.74, 6) is -2.23. The van der Waals surface area contributed by atoms with Gasteiger partial charge in [-0.3, -0.25) is 0 Å². The third kappa shape index (κ3) is 4.80. The molecule has 0 aliphatic rings. The van der Waals surface area contributed by atoms with Crippen LogP contribution in [0.2, 0.25) is 0 Å². The zero-order chi connectivity index (χ0) is 8.15. The van der Waals surface area contributed by atoms with Gasteiger partial charge in [0.15, 0.2) is 0 Å². The summed E-state index contributed by atoms with van der Waals surface area (Å²) in [5.41, 5.74) is -0.540. The van der Waals surface area contributed by atoms with Crippen molar-refractivity contribution in [1.82, 2.24) is 0 Å². The van der Waals surface area contributed by atoms with Gasteiger partial charge >= 0.3 is 35.0 Å². The number of carbonyl (C=O) groups is 2. The first-order valence-corrected chi connectivity index (χ1v) is 2.69. The van der Waals surface area contributed by atoms with Crippen LogP contribution in [0.15, 0.2) is 12.2 Å². The lowest BCUT2D eigenvalue weighted by atomic mass is 10.3. The topological polar surface area (TPSA) is 63.6 Å². The highest BCUT2D eigenvalue weighted by molar-refractivity contribution is 6.12. The molecule has 0 aromatic heterocycles. The van der Waals surface area contributed by atoms with Gasteiger partial charge in [0.2, 0.25) is 0 Å². The molecule has 5 heteroatoms. The second-order valence-electron chi connectivity index (χ2n) is 1.50. The SMILES string of the molecule is C=C(C(=O)O)C(=O)OCC.[MgH2]. The molecule has 0 amide bonds. The molecule has 0 atom stereocenters. The van der Waals surface area contributed by atoms with Crippen LogP contribution < -0.4 is 0 Å². The van der Waals surface area contributed by atoms with Gasteiger partial charge in [-0.1, -0.05) is 6.58 Å². The molecule has 0 fully saturated rings. The Bertz CT molecular complexity index is 175. The highest BCUT2D eigenvalue weighted by Crippen LogP contribution is 1.93. The van der Waals surface area contributed by atoms with Crippen molar-refractivity contribution in [2.24, 2.45) is 0 Å². The highest BCUT2D eigenvalue weighted by atomic mass is 24.3. The molecule has 0 saturated carbocycles. The summed E-state index contributed by atoms with van der Waals surface area (Å²) in [4.78, 5) is 20.5. The molecule has 0 aromatic carbocycles. The second kappa shape index (κ2) is 6.18. The van der Waals surface area contributed by atoms with E-state index in [4.69, 9.17) is 5.11 Å². The summed E-state index contributed by atoms with van der Waals surface area (Å²) in [5, 5.41) is 8.18. The third-order valence-electron chi connectivity index (χ3n) is 0.780. The fourth-order valence-electron chi connectivity index (χ4n) is 0.306. The van der Waals surface area contributed by atoms with E-state index < -0.39 is 17.5 Å². The second-order valence-corrected chi connectivity index (χ2v) is 1.50. The molecule has 0 heterocycles. The van der Waals surface area contributed by atoms with Gasteiger partial charge in [0.1, 0.15) is 5.57 Å². The van der Waals surface area contributed by atoms with Gasteiger partial charge in [0, 0.05) is 0 Å². The molecular weight excluding hydrogens is 160 g/mol. The highest BCUT2D eigenvalue weighted by Gasteiger charge is 2.14. The zero-order valence-corrected chi connectivity index (χ0v) is 5.59. The molecule has 0 aromatic rings. The van der Waals surface area contributed by atoms with Crippen molar-refractivity contribution >= 4 is 35.0 Å². The minimum atomic E-state index is -1.35. The fourth-order valence-corrected chi connectivity index (χ4v) is 0.306. The maximum atomic E-state index is 10.5. The Morgan fingerprint density at radius 3 is 2.27 bits per heavy atom. The summed E-state index contributed by atoms with van der Waals surface area (Å²) in [6.07, 6.45) is 0. The third-order valence-corrected chi connectivity index (χ3v) is 0.780. The molecule has 1 N–H and O–H groups in total.